The normalized spacial score (nSPS) is 10.1. The van der Waals surface area contributed by atoms with Crippen LogP contribution < -0.4 is 11.3 Å². The van der Waals surface area contributed by atoms with Gasteiger partial charge in [-0.25, -0.2) is 9.37 Å². The Morgan fingerprint density at radius 3 is 2.95 bits per heavy atom. The van der Waals surface area contributed by atoms with Crippen molar-refractivity contribution >= 4 is 17.6 Å². The molecule has 0 radical (unpaired) electrons. The van der Waals surface area contributed by atoms with Crippen LogP contribution in [0.5, 0.6) is 0 Å². The summed E-state index contributed by atoms with van der Waals surface area (Å²) in [6.07, 6.45) is 0. The average molecular weight is 276 g/mol. The summed E-state index contributed by atoms with van der Waals surface area (Å²) < 4.78 is 13.0. The third-order valence-corrected chi connectivity index (χ3v) is 3.22. The second kappa shape index (κ2) is 5.54. The van der Waals surface area contributed by atoms with E-state index in [9.17, 15) is 9.18 Å². The summed E-state index contributed by atoms with van der Waals surface area (Å²) >= 11 is 1.22. The Labute approximate surface area is 112 Å². The third kappa shape index (κ3) is 3.33. The van der Waals surface area contributed by atoms with Crippen LogP contribution in [0.1, 0.15) is 11.1 Å². The number of rotatable bonds is 3. The largest absolute Gasteiger partial charge is 0.383 e. The molecule has 0 saturated carbocycles. The lowest BCUT2D eigenvalue weighted by Gasteiger charge is -2.04. The molecule has 0 amide bonds. The van der Waals surface area contributed by atoms with Gasteiger partial charge in [0.05, 0.1) is 11.6 Å². The summed E-state index contributed by atoms with van der Waals surface area (Å²) in [5.74, 6) is 0.0573. The summed E-state index contributed by atoms with van der Waals surface area (Å²) in [5.41, 5.74) is 6.05. The molecule has 0 fully saturated rings. The molecule has 3 N–H and O–H groups in total. The van der Waals surface area contributed by atoms with Gasteiger partial charge in [-0.1, -0.05) is 17.8 Å². The summed E-state index contributed by atoms with van der Waals surface area (Å²) in [5, 5.41) is 9.27. The van der Waals surface area contributed by atoms with Crippen molar-refractivity contribution in [2.75, 3.05) is 5.73 Å². The molecule has 0 bridgehead atoms. The van der Waals surface area contributed by atoms with Gasteiger partial charge in [0, 0.05) is 11.8 Å². The maximum absolute atomic E-state index is 13.0. The summed E-state index contributed by atoms with van der Waals surface area (Å²) in [6, 6.07) is 7.10. The van der Waals surface area contributed by atoms with E-state index in [0.717, 1.165) is 0 Å². The van der Waals surface area contributed by atoms with E-state index in [1.807, 2.05) is 6.07 Å². The van der Waals surface area contributed by atoms with Crippen molar-refractivity contribution in [3.8, 4) is 6.07 Å². The summed E-state index contributed by atoms with van der Waals surface area (Å²) in [4.78, 5) is 17.7. The van der Waals surface area contributed by atoms with Gasteiger partial charge in [-0.15, -0.1) is 0 Å². The van der Waals surface area contributed by atoms with Crippen LogP contribution in [0.2, 0.25) is 0 Å². The number of nitrogens with one attached hydrogen (secondary N) is 1. The number of aromatic nitrogens is 2. The Morgan fingerprint density at radius 2 is 2.26 bits per heavy atom. The lowest BCUT2D eigenvalue weighted by atomic mass is 10.1. The molecule has 5 nitrogen and oxygen atoms in total. The van der Waals surface area contributed by atoms with Crippen LogP contribution in [-0.4, -0.2) is 9.97 Å². The minimum atomic E-state index is -0.458. The Balaban J connectivity index is 2.19. The fraction of sp³-hybridized carbons (Fsp3) is 0.0833. The number of aromatic amines is 1. The van der Waals surface area contributed by atoms with Crippen molar-refractivity contribution < 1.29 is 4.39 Å². The number of anilines is 1. The number of nitrogen functional groups attached to an aromatic ring is 1. The van der Waals surface area contributed by atoms with Crippen LogP contribution in [0.25, 0.3) is 0 Å². The Bertz CT molecular complexity index is 708. The first-order valence-corrected chi connectivity index (χ1v) is 6.25. The van der Waals surface area contributed by atoms with Crippen LogP contribution >= 0.6 is 11.8 Å². The summed E-state index contributed by atoms with van der Waals surface area (Å²) in [7, 11) is 0. The second-order valence-electron chi connectivity index (χ2n) is 3.68. The molecule has 0 aliphatic rings. The van der Waals surface area contributed by atoms with E-state index >= 15 is 0 Å². The van der Waals surface area contributed by atoms with Gasteiger partial charge in [-0.3, -0.25) is 4.79 Å². The highest BCUT2D eigenvalue weighted by Crippen LogP contribution is 2.21. The first-order valence-electron chi connectivity index (χ1n) is 5.26. The number of hydrogen-bond donors (Lipinski definition) is 2. The van der Waals surface area contributed by atoms with Crippen LogP contribution in [0, 0.1) is 17.1 Å². The van der Waals surface area contributed by atoms with E-state index < -0.39 is 5.82 Å². The number of nitriles is 1. The van der Waals surface area contributed by atoms with Crippen LogP contribution in [-0.2, 0) is 5.75 Å². The molecule has 0 saturated heterocycles. The van der Waals surface area contributed by atoms with Crippen molar-refractivity contribution in [3.05, 3.63) is 51.6 Å². The molecule has 1 heterocycles. The predicted molar refractivity (Wildman–Crippen MR) is 69.9 cm³/mol. The Hall–Kier alpha value is -2.33. The van der Waals surface area contributed by atoms with Gasteiger partial charge in [0.25, 0.3) is 5.56 Å². The minimum absolute atomic E-state index is 0.130. The van der Waals surface area contributed by atoms with E-state index in [4.69, 9.17) is 11.0 Å². The highest BCUT2D eigenvalue weighted by Gasteiger charge is 2.06. The molecule has 0 aliphatic heterocycles. The number of hydrogen-bond acceptors (Lipinski definition) is 5. The van der Waals surface area contributed by atoms with Crippen molar-refractivity contribution in [2.24, 2.45) is 0 Å². The first kappa shape index (κ1) is 13.1. The zero-order chi connectivity index (χ0) is 13.8. The van der Waals surface area contributed by atoms with E-state index in [0.29, 0.717) is 16.5 Å². The number of nitrogens with two attached hydrogens (primary N) is 1. The van der Waals surface area contributed by atoms with Crippen LogP contribution in [0.4, 0.5) is 10.2 Å². The number of benzene rings is 1. The second-order valence-corrected chi connectivity index (χ2v) is 4.64. The lowest BCUT2D eigenvalue weighted by Crippen LogP contribution is -2.09. The molecule has 7 heteroatoms. The van der Waals surface area contributed by atoms with Crippen molar-refractivity contribution in [1.29, 1.82) is 5.26 Å². The molecule has 2 aromatic rings. The number of nitrogens with zero attached hydrogens (tertiary/aromatic N) is 2. The van der Waals surface area contributed by atoms with Gasteiger partial charge in [-0.05, 0) is 17.7 Å². The fourth-order valence-electron chi connectivity index (χ4n) is 1.45. The van der Waals surface area contributed by atoms with Crippen molar-refractivity contribution in [1.82, 2.24) is 9.97 Å². The van der Waals surface area contributed by atoms with Gasteiger partial charge in [0.2, 0.25) is 0 Å². The smallest absolute Gasteiger partial charge is 0.253 e. The maximum atomic E-state index is 13.0. The van der Waals surface area contributed by atoms with E-state index in [1.54, 1.807) is 0 Å². The topological polar surface area (TPSA) is 95.6 Å². The van der Waals surface area contributed by atoms with E-state index in [1.165, 1.54) is 36.0 Å². The highest BCUT2D eigenvalue weighted by molar-refractivity contribution is 7.98. The maximum Gasteiger partial charge on any atom is 0.253 e. The van der Waals surface area contributed by atoms with Gasteiger partial charge in [0.1, 0.15) is 11.6 Å². The standard InChI is InChI=1S/C12H9FN4OS/c13-9-2-1-7(8(3-9)5-14)6-19-12-16-10(15)4-11(18)17-12/h1-4H,6H2,(H3,15,16,17,18). The van der Waals surface area contributed by atoms with Gasteiger partial charge < -0.3 is 10.7 Å². The zero-order valence-electron chi connectivity index (χ0n) is 9.68. The average Bonchev–Trinajstić information content (AvgIpc) is 2.36. The number of thioether (sulfide) groups is 1. The zero-order valence-corrected chi connectivity index (χ0v) is 10.5. The SMILES string of the molecule is N#Cc1cc(F)ccc1CSc1nc(N)cc(=O)[nH]1. The molecular formula is C12H9FN4OS. The molecule has 19 heavy (non-hydrogen) atoms. The molecule has 96 valence electrons. The quantitative estimate of drug-likeness (QED) is 0.656. The predicted octanol–water partition coefficient (Wildman–Crippen LogP) is 1.66. The fourth-order valence-corrected chi connectivity index (χ4v) is 2.33. The Morgan fingerprint density at radius 1 is 1.47 bits per heavy atom. The van der Waals surface area contributed by atoms with Gasteiger partial charge in [0.15, 0.2) is 5.16 Å². The Kier molecular flexibility index (Phi) is 3.82. The van der Waals surface area contributed by atoms with Gasteiger partial charge >= 0.3 is 0 Å². The minimum Gasteiger partial charge on any atom is -0.383 e. The summed E-state index contributed by atoms with van der Waals surface area (Å²) in [6.45, 7) is 0. The molecule has 1 aromatic carbocycles. The van der Waals surface area contributed by atoms with Crippen LogP contribution in [0.15, 0.2) is 34.2 Å². The molecule has 0 unspecified atom stereocenters. The van der Waals surface area contributed by atoms with Crippen LogP contribution in [0.3, 0.4) is 0 Å². The lowest BCUT2D eigenvalue weighted by molar-refractivity contribution is 0.627. The molecular weight excluding hydrogens is 267 g/mol. The molecule has 1 aromatic heterocycles. The molecule has 0 spiro atoms. The van der Waals surface area contributed by atoms with Crippen molar-refractivity contribution in [3.63, 3.8) is 0 Å². The molecule has 0 aliphatic carbocycles. The highest BCUT2D eigenvalue weighted by atomic mass is 32.2. The third-order valence-electron chi connectivity index (χ3n) is 2.30. The molecule has 2 rings (SSSR count). The first-order chi connectivity index (χ1) is 9.08. The van der Waals surface area contributed by atoms with Crippen molar-refractivity contribution in [2.45, 2.75) is 10.9 Å². The number of halogens is 1. The van der Waals surface area contributed by atoms with E-state index in [-0.39, 0.29) is 16.9 Å². The monoisotopic (exact) mass is 276 g/mol. The number of H-pyrrole nitrogens is 1. The van der Waals surface area contributed by atoms with Gasteiger partial charge in [-0.2, -0.15) is 5.26 Å². The molecule has 0 atom stereocenters. The van der Waals surface area contributed by atoms with E-state index in [2.05, 4.69) is 9.97 Å².